The maximum Gasteiger partial charge on any atom is 0.268 e. The molecule has 140 valence electrons. The molecule has 7 nitrogen and oxygen atoms in total. The molecule has 1 aromatic heterocycles. The molecule has 1 aromatic carbocycles. The predicted octanol–water partition coefficient (Wildman–Crippen LogP) is 2.79. The van der Waals surface area contributed by atoms with Crippen molar-refractivity contribution >= 4 is 11.7 Å². The van der Waals surface area contributed by atoms with E-state index in [0.29, 0.717) is 39.8 Å². The minimum absolute atomic E-state index is 0.0724. The number of ether oxygens (including phenoxy) is 3. The summed E-state index contributed by atoms with van der Waals surface area (Å²) in [5, 5.41) is 2.84. The van der Waals surface area contributed by atoms with E-state index in [1.54, 1.807) is 47.3 Å². The van der Waals surface area contributed by atoms with Gasteiger partial charge >= 0.3 is 0 Å². The lowest BCUT2D eigenvalue weighted by molar-refractivity contribution is 0.0945. The topological polar surface area (TPSA) is 89.7 Å². The molecule has 0 saturated heterocycles. The van der Waals surface area contributed by atoms with Crippen LogP contribution in [0.25, 0.3) is 0 Å². The van der Waals surface area contributed by atoms with Crippen LogP contribution in [0.4, 0.5) is 0 Å². The largest absolute Gasteiger partial charge is 0.496 e. The van der Waals surface area contributed by atoms with Crippen molar-refractivity contribution in [3.63, 3.8) is 0 Å². The first-order valence-electron chi connectivity index (χ1n) is 8.11. The second-order valence-corrected chi connectivity index (χ2v) is 5.88. The molecule has 0 unspecified atom stereocenters. The lowest BCUT2D eigenvalue weighted by atomic mass is 10.1. The van der Waals surface area contributed by atoms with E-state index in [0.717, 1.165) is 5.56 Å². The molecule has 0 aliphatic heterocycles. The SMILES string of the molecule is COc1cc(OC)c(OC)cc1CNC(=O)c1[nH]c(C)c(C(C)=O)c1C. The lowest BCUT2D eigenvalue weighted by Gasteiger charge is -2.14. The van der Waals surface area contributed by atoms with Gasteiger partial charge in [0.1, 0.15) is 11.4 Å². The van der Waals surface area contributed by atoms with Gasteiger partial charge in [0.25, 0.3) is 5.91 Å². The predicted molar refractivity (Wildman–Crippen MR) is 97.5 cm³/mol. The van der Waals surface area contributed by atoms with Crippen molar-refractivity contribution in [2.24, 2.45) is 0 Å². The smallest absolute Gasteiger partial charge is 0.268 e. The highest BCUT2D eigenvalue weighted by molar-refractivity contribution is 6.02. The van der Waals surface area contributed by atoms with Crippen LogP contribution < -0.4 is 19.5 Å². The number of rotatable bonds is 7. The van der Waals surface area contributed by atoms with E-state index in [4.69, 9.17) is 14.2 Å². The highest BCUT2D eigenvalue weighted by Crippen LogP contribution is 2.34. The van der Waals surface area contributed by atoms with Gasteiger partial charge in [0.2, 0.25) is 0 Å². The van der Waals surface area contributed by atoms with Gasteiger partial charge in [0.05, 0.1) is 21.3 Å². The van der Waals surface area contributed by atoms with Crippen LogP contribution in [0.3, 0.4) is 0 Å². The number of H-pyrrole nitrogens is 1. The van der Waals surface area contributed by atoms with Crippen LogP contribution in [0, 0.1) is 13.8 Å². The molecule has 0 atom stereocenters. The zero-order chi connectivity index (χ0) is 19.4. The van der Waals surface area contributed by atoms with Crippen LogP contribution in [0.1, 0.15) is 44.6 Å². The van der Waals surface area contributed by atoms with E-state index in [1.807, 2.05) is 0 Å². The number of nitrogens with one attached hydrogen (secondary N) is 2. The summed E-state index contributed by atoms with van der Waals surface area (Å²) >= 11 is 0. The molecule has 0 radical (unpaired) electrons. The number of Topliss-reactive ketones (excluding diaryl/α,β-unsaturated/α-hetero) is 1. The summed E-state index contributed by atoms with van der Waals surface area (Å²) in [6, 6.07) is 3.46. The summed E-state index contributed by atoms with van der Waals surface area (Å²) in [6.07, 6.45) is 0. The first kappa shape index (κ1) is 19.4. The molecule has 1 amide bonds. The van der Waals surface area contributed by atoms with E-state index in [2.05, 4.69) is 10.3 Å². The summed E-state index contributed by atoms with van der Waals surface area (Å²) in [4.78, 5) is 27.3. The highest BCUT2D eigenvalue weighted by Gasteiger charge is 2.20. The number of ketones is 1. The number of carbonyl (C=O) groups is 2. The van der Waals surface area contributed by atoms with Gasteiger partial charge in [-0.2, -0.15) is 0 Å². The van der Waals surface area contributed by atoms with Gasteiger partial charge in [-0.1, -0.05) is 0 Å². The lowest BCUT2D eigenvalue weighted by Crippen LogP contribution is -2.24. The van der Waals surface area contributed by atoms with Crippen LogP contribution in [0.5, 0.6) is 17.2 Å². The summed E-state index contributed by atoms with van der Waals surface area (Å²) in [5.74, 6) is 1.29. The van der Waals surface area contributed by atoms with Crippen molar-refractivity contribution in [3.05, 3.63) is 40.2 Å². The molecule has 26 heavy (non-hydrogen) atoms. The van der Waals surface area contributed by atoms with Crippen molar-refractivity contribution in [1.82, 2.24) is 10.3 Å². The number of aromatic nitrogens is 1. The van der Waals surface area contributed by atoms with Crippen LogP contribution in [0.15, 0.2) is 12.1 Å². The molecule has 0 fully saturated rings. The van der Waals surface area contributed by atoms with Crippen LogP contribution in [0.2, 0.25) is 0 Å². The molecule has 0 aliphatic rings. The van der Waals surface area contributed by atoms with E-state index < -0.39 is 0 Å². The third-order valence-electron chi connectivity index (χ3n) is 4.24. The fourth-order valence-corrected chi connectivity index (χ4v) is 3.00. The maximum absolute atomic E-state index is 12.6. The second-order valence-electron chi connectivity index (χ2n) is 5.88. The normalized spacial score (nSPS) is 10.4. The highest BCUT2D eigenvalue weighted by atomic mass is 16.5. The Morgan fingerprint density at radius 1 is 1.00 bits per heavy atom. The van der Waals surface area contributed by atoms with Gasteiger partial charge in [-0.15, -0.1) is 0 Å². The molecule has 1 heterocycles. The molecule has 2 N–H and O–H groups in total. The van der Waals surface area contributed by atoms with E-state index >= 15 is 0 Å². The first-order chi connectivity index (χ1) is 12.3. The molecular formula is C19H24N2O5. The van der Waals surface area contributed by atoms with Crippen molar-refractivity contribution in [1.29, 1.82) is 0 Å². The van der Waals surface area contributed by atoms with Gasteiger partial charge in [0.15, 0.2) is 17.3 Å². The van der Waals surface area contributed by atoms with Crippen LogP contribution >= 0.6 is 0 Å². The monoisotopic (exact) mass is 360 g/mol. The van der Waals surface area contributed by atoms with Crippen molar-refractivity contribution in [3.8, 4) is 17.2 Å². The van der Waals surface area contributed by atoms with Gasteiger partial charge in [-0.05, 0) is 32.4 Å². The molecule has 2 rings (SSSR count). The molecule has 0 spiro atoms. The molecule has 0 saturated carbocycles. The number of benzene rings is 1. The van der Waals surface area contributed by atoms with Crippen molar-refractivity contribution in [2.75, 3.05) is 21.3 Å². The van der Waals surface area contributed by atoms with Gasteiger partial charge in [0, 0.05) is 29.4 Å². The van der Waals surface area contributed by atoms with Gasteiger partial charge < -0.3 is 24.5 Å². The summed E-state index contributed by atoms with van der Waals surface area (Å²) < 4.78 is 15.9. The van der Waals surface area contributed by atoms with E-state index in [1.165, 1.54) is 6.92 Å². The number of hydrogen-bond donors (Lipinski definition) is 2. The Kier molecular flexibility index (Phi) is 5.92. The number of carbonyl (C=O) groups excluding carboxylic acids is 2. The maximum atomic E-state index is 12.6. The Bertz CT molecular complexity index is 839. The fraction of sp³-hybridized carbons (Fsp3) is 0.368. The average Bonchev–Trinajstić information content (AvgIpc) is 2.93. The number of hydrogen-bond acceptors (Lipinski definition) is 5. The molecule has 0 bridgehead atoms. The Hall–Kier alpha value is -2.96. The molecule has 0 aliphatic carbocycles. The Morgan fingerprint density at radius 2 is 1.58 bits per heavy atom. The third kappa shape index (κ3) is 3.66. The molecule has 7 heteroatoms. The Balaban J connectivity index is 2.25. The number of aryl methyl sites for hydroxylation is 1. The quantitative estimate of drug-likeness (QED) is 0.741. The Labute approximate surface area is 152 Å². The van der Waals surface area contributed by atoms with E-state index in [-0.39, 0.29) is 18.2 Å². The number of methoxy groups -OCH3 is 3. The first-order valence-corrected chi connectivity index (χ1v) is 8.11. The van der Waals surface area contributed by atoms with Crippen molar-refractivity contribution < 1.29 is 23.8 Å². The zero-order valence-electron chi connectivity index (χ0n) is 15.9. The standard InChI is InChI=1S/C19H24N2O5/c1-10-17(12(3)22)11(2)21-18(10)19(23)20-9-13-7-15(25-5)16(26-6)8-14(13)24-4/h7-8,21H,9H2,1-6H3,(H,20,23). The minimum atomic E-state index is -0.296. The Morgan fingerprint density at radius 3 is 2.08 bits per heavy atom. The summed E-state index contributed by atoms with van der Waals surface area (Å²) in [6.45, 7) is 5.25. The summed E-state index contributed by atoms with van der Waals surface area (Å²) in [5.41, 5.74) is 3.01. The number of aromatic amines is 1. The fourth-order valence-electron chi connectivity index (χ4n) is 3.00. The van der Waals surface area contributed by atoms with Crippen LogP contribution in [-0.4, -0.2) is 38.0 Å². The zero-order valence-corrected chi connectivity index (χ0v) is 15.9. The van der Waals surface area contributed by atoms with E-state index in [9.17, 15) is 9.59 Å². The van der Waals surface area contributed by atoms with Gasteiger partial charge in [-0.3, -0.25) is 9.59 Å². The average molecular weight is 360 g/mol. The summed E-state index contributed by atoms with van der Waals surface area (Å²) in [7, 11) is 4.63. The van der Waals surface area contributed by atoms with Crippen LogP contribution in [-0.2, 0) is 6.54 Å². The molecular weight excluding hydrogens is 336 g/mol. The number of amides is 1. The second kappa shape index (κ2) is 7.95. The van der Waals surface area contributed by atoms with Gasteiger partial charge in [-0.25, -0.2) is 0 Å². The molecule has 2 aromatic rings. The minimum Gasteiger partial charge on any atom is -0.496 e. The third-order valence-corrected chi connectivity index (χ3v) is 4.24. The van der Waals surface area contributed by atoms with Crippen molar-refractivity contribution in [2.45, 2.75) is 27.3 Å².